The third-order valence-electron chi connectivity index (χ3n) is 2.69. The van der Waals surface area contributed by atoms with E-state index < -0.39 is 5.97 Å². The van der Waals surface area contributed by atoms with E-state index >= 15 is 0 Å². The Morgan fingerprint density at radius 2 is 1.83 bits per heavy atom. The van der Waals surface area contributed by atoms with Gasteiger partial charge in [0.2, 0.25) is 5.91 Å². The van der Waals surface area contributed by atoms with Crippen LogP contribution >= 0.6 is 0 Å². The van der Waals surface area contributed by atoms with Gasteiger partial charge < -0.3 is 15.1 Å². The van der Waals surface area contributed by atoms with Gasteiger partial charge in [0.25, 0.3) is 0 Å². The Morgan fingerprint density at radius 1 is 1.22 bits per heavy atom. The monoisotopic (exact) mass is 251 g/mol. The zero-order valence-corrected chi connectivity index (χ0v) is 10.3. The summed E-state index contributed by atoms with van der Waals surface area (Å²) < 4.78 is 0. The molecule has 1 amide bonds. The maximum atomic E-state index is 11.6. The Hall–Kier alpha value is -1.88. The third-order valence-corrected chi connectivity index (χ3v) is 2.69. The fourth-order valence-corrected chi connectivity index (χ4v) is 1.53. The van der Waals surface area contributed by atoms with Crippen molar-refractivity contribution in [2.24, 2.45) is 0 Å². The van der Waals surface area contributed by atoms with E-state index in [0.717, 1.165) is 5.56 Å². The molecule has 0 bridgehead atoms. The number of carboxylic acids is 1. The average Bonchev–Trinajstić information content (AvgIpc) is 2.36. The summed E-state index contributed by atoms with van der Waals surface area (Å²) in [4.78, 5) is 23.7. The average molecular weight is 251 g/mol. The van der Waals surface area contributed by atoms with Gasteiger partial charge in [0, 0.05) is 20.0 Å². The minimum absolute atomic E-state index is 0.0358. The molecular formula is C13H17NO4. The molecule has 0 aliphatic carbocycles. The van der Waals surface area contributed by atoms with Gasteiger partial charge in [-0.05, 0) is 24.1 Å². The van der Waals surface area contributed by atoms with Crippen LogP contribution in [0, 0.1) is 0 Å². The van der Waals surface area contributed by atoms with E-state index in [2.05, 4.69) is 0 Å². The van der Waals surface area contributed by atoms with Gasteiger partial charge in [0.15, 0.2) is 0 Å². The number of carbonyl (C=O) groups is 2. The van der Waals surface area contributed by atoms with Gasteiger partial charge >= 0.3 is 5.97 Å². The fourth-order valence-electron chi connectivity index (χ4n) is 1.53. The Kier molecular flexibility index (Phi) is 5.32. The number of aliphatic hydroxyl groups excluding tert-OH is 1. The van der Waals surface area contributed by atoms with Crippen molar-refractivity contribution in [1.82, 2.24) is 4.90 Å². The van der Waals surface area contributed by atoms with Gasteiger partial charge in [-0.1, -0.05) is 12.1 Å². The summed E-state index contributed by atoms with van der Waals surface area (Å²) >= 11 is 0. The molecule has 1 aromatic carbocycles. The number of benzene rings is 1. The van der Waals surface area contributed by atoms with Crippen LogP contribution in [-0.2, 0) is 11.2 Å². The molecule has 0 spiro atoms. The Morgan fingerprint density at radius 3 is 2.33 bits per heavy atom. The maximum absolute atomic E-state index is 11.6. The smallest absolute Gasteiger partial charge is 0.335 e. The molecule has 2 N–H and O–H groups in total. The molecule has 0 fully saturated rings. The molecule has 1 aromatic rings. The van der Waals surface area contributed by atoms with Gasteiger partial charge in [-0.25, -0.2) is 4.79 Å². The number of aryl methyl sites for hydroxylation is 1. The minimum Gasteiger partial charge on any atom is -0.478 e. The Labute approximate surface area is 106 Å². The highest BCUT2D eigenvalue weighted by atomic mass is 16.4. The van der Waals surface area contributed by atoms with Crippen LogP contribution in [0.2, 0.25) is 0 Å². The molecule has 0 unspecified atom stereocenters. The topological polar surface area (TPSA) is 77.8 Å². The molecule has 0 atom stereocenters. The fraction of sp³-hybridized carbons (Fsp3) is 0.385. The lowest BCUT2D eigenvalue weighted by atomic mass is 10.1. The predicted octanol–water partition coefficient (Wildman–Crippen LogP) is 0.768. The summed E-state index contributed by atoms with van der Waals surface area (Å²) in [6, 6.07) is 6.48. The van der Waals surface area contributed by atoms with Crippen LogP contribution in [0.3, 0.4) is 0 Å². The van der Waals surface area contributed by atoms with Gasteiger partial charge in [-0.15, -0.1) is 0 Å². The summed E-state index contributed by atoms with van der Waals surface area (Å²) in [7, 11) is 1.64. The number of rotatable bonds is 6. The molecule has 0 aliphatic rings. The first-order chi connectivity index (χ1) is 8.54. The molecule has 5 nitrogen and oxygen atoms in total. The van der Waals surface area contributed by atoms with Crippen molar-refractivity contribution in [3.63, 3.8) is 0 Å². The molecule has 5 heteroatoms. The highest BCUT2D eigenvalue weighted by Gasteiger charge is 2.08. The number of aliphatic hydroxyl groups is 1. The second-order valence-electron chi connectivity index (χ2n) is 4.04. The quantitative estimate of drug-likeness (QED) is 0.782. The highest BCUT2D eigenvalue weighted by Crippen LogP contribution is 2.07. The van der Waals surface area contributed by atoms with Crippen LogP contribution < -0.4 is 0 Å². The summed E-state index contributed by atoms with van der Waals surface area (Å²) in [5.41, 5.74) is 1.16. The maximum Gasteiger partial charge on any atom is 0.335 e. The number of likely N-dealkylation sites (N-methyl/N-ethyl adjacent to an activating group) is 1. The first-order valence-corrected chi connectivity index (χ1v) is 5.71. The van der Waals surface area contributed by atoms with E-state index in [0.29, 0.717) is 19.4 Å². The number of carbonyl (C=O) groups excluding carboxylic acids is 1. The second-order valence-corrected chi connectivity index (χ2v) is 4.04. The van der Waals surface area contributed by atoms with Crippen LogP contribution in [0.25, 0.3) is 0 Å². The lowest BCUT2D eigenvalue weighted by molar-refractivity contribution is -0.130. The van der Waals surface area contributed by atoms with E-state index in [9.17, 15) is 9.59 Å². The molecular weight excluding hydrogens is 234 g/mol. The summed E-state index contributed by atoms with van der Waals surface area (Å²) in [5.74, 6) is -0.994. The molecule has 18 heavy (non-hydrogen) atoms. The molecule has 0 saturated carbocycles. The van der Waals surface area contributed by atoms with Crippen LogP contribution in [0.15, 0.2) is 24.3 Å². The molecule has 0 saturated heterocycles. The molecule has 0 heterocycles. The predicted molar refractivity (Wildman–Crippen MR) is 66.4 cm³/mol. The SMILES string of the molecule is CN(CCO)C(=O)CCc1ccc(C(=O)O)cc1. The van der Waals surface area contributed by atoms with E-state index in [1.54, 1.807) is 19.2 Å². The summed E-state index contributed by atoms with van der Waals surface area (Å²) in [5, 5.41) is 17.4. The highest BCUT2D eigenvalue weighted by molar-refractivity contribution is 5.87. The van der Waals surface area contributed by atoms with Gasteiger partial charge in [0.1, 0.15) is 0 Å². The Balaban J connectivity index is 2.48. The lowest BCUT2D eigenvalue weighted by Gasteiger charge is -2.15. The van der Waals surface area contributed by atoms with Gasteiger partial charge in [0.05, 0.1) is 12.2 Å². The van der Waals surface area contributed by atoms with Crippen molar-refractivity contribution >= 4 is 11.9 Å². The van der Waals surface area contributed by atoms with E-state index in [1.165, 1.54) is 17.0 Å². The molecule has 1 rings (SSSR count). The summed E-state index contributed by atoms with van der Waals surface area (Å²) in [6.45, 7) is 0.284. The van der Waals surface area contributed by atoms with Crippen LogP contribution in [-0.4, -0.2) is 47.2 Å². The molecule has 0 radical (unpaired) electrons. The van der Waals surface area contributed by atoms with Gasteiger partial charge in [-0.3, -0.25) is 4.79 Å². The molecule has 98 valence electrons. The first-order valence-electron chi connectivity index (χ1n) is 5.71. The van der Waals surface area contributed by atoms with Crippen LogP contribution in [0.1, 0.15) is 22.3 Å². The van der Waals surface area contributed by atoms with Crippen molar-refractivity contribution in [2.75, 3.05) is 20.2 Å². The summed E-state index contributed by atoms with van der Waals surface area (Å²) in [6.07, 6.45) is 0.914. The number of hydrogen-bond acceptors (Lipinski definition) is 3. The van der Waals surface area contributed by atoms with Crippen LogP contribution in [0.5, 0.6) is 0 Å². The Bertz CT molecular complexity index is 414. The largest absolute Gasteiger partial charge is 0.478 e. The lowest BCUT2D eigenvalue weighted by Crippen LogP contribution is -2.29. The third kappa shape index (κ3) is 4.18. The van der Waals surface area contributed by atoms with Crippen molar-refractivity contribution in [3.05, 3.63) is 35.4 Å². The normalized spacial score (nSPS) is 10.1. The van der Waals surface area contributed by atoms with E-state index in [-0.39, 0.29) is 18.1 Å². The van der Waals surface area contributed by atoms with Gasteiger partial charge in [-0.2, -0.15) is 0 Å². The molecule has 0 aliphatic heterocycles. The minimum atomic E-state index is -0.958. The molecule has 0 aromatic heterocycles. The van der Waals surface area contributed by atoms with Crippen molar-refractivity contribution in [3.8, 4) is 0 Å². The zero-order chi connectivity index (χ0) is 13.5. The van der Waals surface area contributed by atoms with E-state index in [4.69, 9.17) is 10.2 Å². The van der Waals surface area contributed by atoms with Crippen molar-refractivity contribution < 1.29 is 19.8 Å². The number of amides is 1. The number of aromatic carboxylic acids is 1. The number of nitrogens with zero attached hydrogens (tertiary/aromatic N) is 1. The van der Waals surface area contributed by atoms with Crippen LogP contribution in [0.4, 0.5) is 0 Å². The number of hydrogen-bond donors (Lipinski definition) is 2. The van der Waals surface area contributed by atoms with Crippen molar-refractivity contribution in [2.45, 2.75) is 12.8 Å². The standard InChI is InChI=1S/C13H17NO4/c1-14(8-9-15)12(16)7-4-10-2-5-11(6-3-10)13(17)18/h2-3,5-6,15H,4,7-9H2,1H3,(H,17,18). The second kappa shape index (κ2) is 6.76. The van der Waals surface area contributed by atoms with E-state index in [1.807, 2.05) is 0 Å². The zero-order valence-electron chi connectivity index (χ0n) is 10.3. The number of carboxylic acid groups (broad SMARTS) is 1. The first kappa shape index (κ1) is 14.2. The van der Waals surface area contributed by atoms with Crippen molar-refractivity contribution in [1.29, 1.82) is 0 Å².